The molecule has 9 nitrogen and oxygen atoms in total. The maximum atomic E-state index is 12.6. The Bertz CT molecular complexity index is 1520. The lowest BCUT2D eigenvalue weighted by molar-refractivity contribution is -0.115. The summed E-state index contributed by atoms with van der Waals surface area (Å²) in [7, 11) is -2.85. The van der Waals surface area contributed by atoms with E-state index in [9.17, 15) is 22.8 Å². The highest BCUT2D eigenvalue weighted by Crippen LogP contribution is 2.39. The Morgan fingerprint density at radius 1 is 1.20 bits per heavy atom. The minimum absolute atomic E-state index is 0.269. The molecular weight excluding hydrogens is 534 g/mol. The smallest absolute Gasteiger partial charge is 0.341 e. The largest absolute Gasteiger partial charge is 0.465 e. The van der Waals surface area contributed by atoms with Crippen LogP contribution in [0.1, 0.15) is 34.1 Å². The molecule has 1 aromatic carbocycles. The summed E-state index contributed by atoms with van der Waals surface area (Å²) >= 11 is 8.51. The van der Waals surface area contributed by atoms with Crippen molar-refractivity contribution in [2.75, 3.05) is 23.9 Å². The van der Waals surface area contributed by atoms with Crippen molar-refractivity contribution in [3.05, 3.63) is 44.0 Å². The van der Waals surface area contributed by atoms with E-state index in [1.807, 2.05) is 13.0 Å². The van der Waals surface area contributed by atoms with Crippen molar-refractivity contribution >= 4 is 77.1 Å². The highest BCUT2D eigenvalue weighted by Gasteiger charge is 2.29. The number of hydrogen-bond acceptors (Lipinski definition) is 8. The van der Waals surface area contributed by atoms with E-state index in [-0.39, 0.29) is 10.6 Å². The molecule has 0 radical (unpaired) electrons. The van der Waals surface area contributed by atoms with Gasteiger partial charge in [-0.2, -0.15) is 4.99 Å². The van der Waals surface area contributed by atoms with Crippen molar-refractivity contribution in [1.29, 1.82) is 0 Å². The van der Waals surface area contributed by atoms with Crippen LogP contribution < -0.4 is 10.1 Å². The van der Waals surface area contributed by atoms with Gasteiger partial charge in [0.05, 0.1) is 22.9 Å². The highest BCUT2D eigenvalue weighted by atomic mass is 35.5. The first-order valence-electron chi connectivity index (χ1n) is 10.7. The number of hydrogen-bond donors (Lipinski definition) is 1. The third kappa shape index (κ3) is 5.50. The minimum atomic E-state index is -4.10. The Kier molecular flexibility index (Phi) is 7.46. The zero-order chi connectivity index (χ0) is 25.3. The molecule has 1 aliphatic rings. The summed E-state index contributed by atoms with van der Waals surface area (Å²) in [6, 6.07) is 5.29. The van der Waals surface area contributed by atoms with E-state index in [0.29, 0.717) is 22.8 Å². The first-order valence-corrected chi connectivity index (χ1v) is 14.5. The second-order valence-corrected chi connectivity index (χ2v) is 12.5. The number of rotatable bonds is 7. The fraction of sp³-hybridized carbons (Fsp3) is 0.364. The average molecular weight is 556 g/mol. The van der Waals surface area contributed by atoms with Gasteiger partial charge in [-0.1, -0.05) is 22.9 Å². The zero-order valence-electron chi connectivity index (χ0n) is 18.9. The molecule has 0 atom stereocenters. The molecule has 2 aromatic heterocycles. The Labute approximate surface area is 214 Å². The number of anilines is 1. The van der Waals surface area contributed by atoms with Crippen molar-refractivity contribution in [1.82, 2.24) is 4.57 Å². The van der Waals surface area contributed by atoms with Crippen molar-refractivity contribution in [2.24, 2.45) is 4.99 Å². The van der Waals surface area contributed by atoms with Crippen molar-refractivity contribution < 1.29 is 27.5 Å². The Morgan fingerprint density at radius 2 is 1.97 bits per heavy atom. The summed E-state index contributed by atoms with van der Waals surface area (Å²) in [6.45, 7) is 2.41. The zero-order valence-corrected chi connectivity index (χ0v) is 22.1. The van der Waals surface area contributed by atoms with Gasteiger partial charge in [0.1, 0.15) is 16.5 Å². The van der Waals surface area contributed by atoms with Crippen LogP contribution in [0.15, 0.2) is 23.2 Å². The molecule has 0 bridgehead atoms. The number of fused-ring (bicyclic) bond motifs is 2. The molecule has 0 aliphatic heterocycles. The lowest BCUT2D eigenvalue weighted by Crippen LogP contribution is -2.28. The number of aromatic nitrogens is 1. The molecule has 1 N–H and O–H groups in total. The molecule has 3 aromatic rings. The van der Waals surface area contributed by atoms with E-state index in [4.69, 9.17) is 16.3 Å². The van der Waals surface area contributed by atoms with Crippen molar-refractivity contribution in [2.45, 2.75) is 32.7 Å². The van der Waals surface area contributed by atoms with Gasteiger partial charge in [0.15, 0.2) is 14.6 Å². The number of amides is 2. The van der Waals surface area contributed by atoms with Crippen LogP contribution in [0, 0.1) is 0 Å². The standard InChI is InChI=1S/C22H22ClN3O6S3/c1-3-26-14-8-7-12(23)9-16(14)34-22(26)25-18(28)11-35(30,31)10-17(27)24-20-19(21(29)32-2)13-5-4-6-15(13)33-20/h7-9H,3-6,10-11H2,1-2H3,(H,24,27). The third-order valence-electron chi connectivity index (χ3n) is 5.44. The lowest BCUT2D eigenvalue weighted by atomic mass is 10.1. The number of thiazole rings is 1. The molecule has 186 valence electrons. The molecule has 0 spiro atoms. The molecule has 35 heavy (non-hydrogen) atoms. The number of esters is 1. The van der Waals surface area contributed by atoms with Gasteiger partial charge in [-0.15, -0.1) is 11.3 Å². The van der Waals surface area contributed by atoms with Gasteiger partial charge in [-0.05, 0) is 49.9 Å². The van der Waals surface area contributed by atoms with Gasteiger partial charge >= 0.3 is 5.97 Å². The van der Waals surface area contributed by atoms with Gasteiger partial charge in [0, 0.05) is 16.4 Å². The maximum Gasteiger partial charge on any atom is 0.341 e. The number of sulfone groups is 1. The van der Waals surface area contributed by atoms with Crippen LogP contribution in [-0.2, 0) is 43.5 Å². The van der Waals surface area contributed by atoms with Crippen LogP contribution in [0.25, 0.3) is 10.2 Å². The predicted octanol–water partition coefficient (Wildman–Crippen LogP) is 3.19. The fourth-order valence-corrected chi connectivity index (χ4v) is 7.68. The van der Waals surface area contributed by atoms with Gasteiger partial charge in [0.2, 0.25) is 5.91 Å². The van der Waals surface area contributed by atoms with E-state index in [2.05, 4.69) is 10.3 Å². The Morgan fingerprint density at radius 3 is 2.69 bits per heavy atom. The summed E-state index contributed by atoms with van der Waals surface area (Å²) in [5.41, 5.74) is 1.94. The molecule has 4 rings (SSSR count). The molecule has 2 amide bonds. The maximum absolute atomic E-state index is 12.6. The van der Waals surface area contributed by atoms with Crippen LogP contribution >= 0.6 is 34.3 Å². The number of nitrogens with zero attached hydrogens (tertiary/aromatic N) is 2. The van der Waals surface area contributed by atoms with Gasteiger partial charge < -0.3 is 14.6 Å². The second-order valence-electron chi connectivity index (χ2n) is 7.88. The number of benzene rings is 1. The molecule has 0 unspecified atom stereocenters. The number of methoxy groups -OCH3 is 1. The summed E-state index contributed by atoms with van der Waals surface area (Å²) in [5.74, 6) is -4.10. The quantitative estimate of drug-likeness (QED) is 0.446. The number of halogens is 1. The van der Waals surface area contributed by atoms with Crippen LogP contribution in [0.2, 0.25) is 5.02 Å². The number of aryl methyl sites for hydroxylation is 2. The molecule has 2 heterocycles. The first kappa shape index (κ1) is 25.5. The molecular formula is C22H22ClN3O6S3. The number of nitrogens with one attached hydrogen (secondary N) is 1. The second kappa shape index (κ2) is 10.2. The SMILES string of the molecule is CCn1c(=NC(=O)CS(=O)(=O)CC(=O)Nc2sc3c(c2C(=O)OC)CCC3)sc2cc(Cl)ccc21. The van der Waals surface area contributed by atoms with Crippen LogP contribution in [0.3, 0.4) is 0 Å². The van der Waals surface area contributed by atoms with E-state index < -0.39 is 39.1 Å². The topological polar surface area (TPSA) is 124 Å². The van der Waals surface area contributed by atoms with Crippen molar-refractivity contribution in [3.63, 3.8) is 0 Å². The molecule has 13 heteroatoms. The average Bonchev–Trinajstić information content (AvgIpc) is 3.44. The van der Waals surface area contributed by atoms with Crippen LogP contribution in [-0.4, -0.2) is 49.4 Å². The number of carbonyl (C=O) groups is 3. The lowest BCUT2D eigenvalue weighted by Gasteiger charge is -2.07. The minimum Gasteiger partial charge on any atom is -0.465 e. The third-order valence-corrected chi connectivity index (χ3v) is 9.31. The molecule has 0 saturated carbocycles. The fourth-order valence-electron chi connectivity index (χ4n) is 3.99. The summed E-state index contributed by atoms with van der Waals surface area (Å²) in [4.78, 5) is 42.5. The number of thiophene rings is 1. The Balaban J connectivity index is 1.49. The van der Waals surface area contributed by atoms with Crippen LogP contribution in [0.4, 0.5) is 5.00 Å². The summed E-state index contributed by atoms with van der Waals surface area (Å²) in [5, 5.41) is 3.33. The van der Waals surface area contributed by atoms with Crippen molar-refractivity contribution in [3.8, 4) is 0 Å². The van der Waals surface area contributed by atoms with Gasteiger partial charge in [-0.25, -0.2) is 13.2 Å². The summed E-state index contributed by atoms with van der Waals surface area (Å²) < 4.78 is 32.6. The van der Waals surface area contributed by atoms with Crippen LogP contribution in [0.5, 0.6) is 0 Å². The Hall–Kier alpha value is -2.54. The van der Waals surface area contributed by atoms with Gasteiger partial charge in [-0.3, -0.25) is 9.59 Å². The predicted molar refractivity (Wildman–Crippen MR) is 136 cm³/mol. The highest BCUT2D eigenvalue weighted by molar-refractivity contribution is 7.92. The molecule has 0 saturated heterocycles. The molecule has 1 aliphatic carbocycles. The summed E-state index contributed by atoms with van der Waals surface area (Å²) in [6.07, 6.45) is 2.39. The van der Waals surface area contributed by atoms with E-state index >= 15 is 0 Å². The van der Waals surface area contributed by atoms with Gasteiger partial charge in [0.25, 0.3) is 5.91 Å². The number of carbonyl (C=O) groups excluding carboxylic acids is 3. The normalized spacial score (nSPS) is 13.7. The monoisotopic (exact) mass is 555 g/mol. The van der Waals surface area contributed by atoms with E-state index in [0.717, 1.165) is 33.5 Å². The van der Waals surface area contributed by atoms with E-state index in [1.54, 1.807) is 16.7 Å². The number of ether oxygens (including phenoxy) is 1. The molecule has 0 fully saturated rings. The first-order chi connectivity index (χ1) is 16.6. The van der Waals surface area contributed by atoms with E-state index in [1.165, 1.54) is 29.8 Å².